The Balaban J connectivity index is 2.16. The molecule has 0 amide bonds. The molecule has 0 bridgehead atoms. The maximum Gasteiger partial charge on any atom is 0.142 e. The average molecular weight is 279 g/mol. The smallest absolute Gasteiger partial charge is 0.142 e. The second kappa shape index (κ2) is 8.00. The van der Waals surface area contributed by atoms with Gasteiger partial charge in [-0.1, -0.05) is 13.8 Å². The molecule has 1 aromatic rings. The molecule has 0 atom stereocenters. The van der Waals surface area contributed by atoms with Gasteiger partial charge in [0, 0.05) is 19.2 Å². The summed E-state index contributed by atoms with van der Waals surface area (Å²) in [6.45, 7) is 9.07. The predicted octanol–water partition coefficient (Wildman–Crippen LogP) is 3.10. The number of hydrogen-bond donors (Lipinski definition) is 0. The highest BCUT2D eigenvalue weighted by atomic mass is 16.5. The van der Waals surface area contributed by atoms with Gasteiger partial charge >= 0.3 is 0 Å². The minimum absolute atomic E-state index is 0.743. The van der Waals surface area contributed by atoms with Crippen LogP contribution in [0.3, 0.4) is 0 Å². The summed E-state index contributed by atoms with van der Waals surface area (Å²) in [6.07, 6.45) is 2.03. The molecule has 1 aromatic carbocycles. The van der Waals surface area contributed by atoms with Gasteiger partial charge < -0.3 is 19.1 Å². The van der Waals surface area contributed by atoms with E-state index < -0.39 is 0 Å². The Morgan fingerprint density at radius 1 is 1.05 bits per heavy atom. The third-order valence-corrected chi connectivity index (χ3v) is 3.22. The summed E-state index contributed by atoms with van der Waals surface area (Å²) < 4.78 is 17.0. The van der Waals surface area contributed by atoms with Crippen LogP contribution in [0.25, 0.3) is 0 Å². The molecule has 2 rings (SSSR count). The van der Waals surface area contributed by atoms with E-state index in [4.69, 9.17) is 14.2 Å². The van der Waals surface area contributed by atoms with E-state index >= 15 is 0 Å². The number of nitrogens with zero attached hydrogens (tertiary/aromatic N) is 1. The van der Waals surface area contributed by atoms with E-state index in [9.17, 15) is 0 Å². The van der Waals surface area contributed by atoms with E-state index in [1.54, 1.807) is 0 Å². The zero-order valence-electron chi connectivity index (χ0n) is 12.6. The quantitative estimate of drug-likeness (QED) is 0.767. The molecule has 0 radical (unpaired) electrons. The van der Waals surface area contributed by atoms with Gasteiger partial charge in [0.25, 0.3) is 0 Å². The van der Waals surface area contributed by atoms with Crippen LogP contribution < -0.4 is 14.4 Å². The van der Waals surface area contributed by atoms with Crippen LogP contribution >= 0.6 is 0 Å². The number of hydrogen-bond acceptors (Lipinski definition) is 4. The molecule has 1 heterocycles. The lowest BCUT2D eigenvalue weighted by atomic mass is 10.2. The van der Waals surface area contributed by atoms with Crippen LogP contribution in [0.4, 0.5) is 5.69 Å². The van der Waals surface area contributed by atoms with Gasteiger partial charge in [-0.2, -0.15) is 0 Å². The Kier molecular flexibility index (Phi) is 5.99. The Hall–Kier alpha value is -1.42. The van der Waals surface area contributed by atoms with E-state index in [1.807, 2.05) is 12.1 Å². The van der Waals surface area contributed by atoms with Gasteiger partial charge in [-0.3, -0.25) is 0 Å². The molecular formula is C16H25NO3. The van der Waals surface area contributed by atoms with Crippen LogP contribution in [0.5, 0.6) is 11.5 Å². The predicted molar refractivity (Wildman–Crippen MR) is 81.0 cm³/mol. The molecule has 0 N–H and O–H groups in total. The van der Waals surface area contributed by atoms with Gasteiger partial charge in [0.15, 0.2) is 0 Å². The molecule has 20 heavy (non-hydrogen) atoms. The van der Waals surface area contributed by atoms with Crippen molar-refractivity contribution < 1.29 is 14.2 Å². The molecule has 0 saturated carbocycles. The lowest BCUT2D eigenvalue weighted by Crippen LogP contribution is -2.36. The SMILES string of the molecule is CCCOc1ccc(OCCC)c(N2CCOCC2)c1. The van der Waals surface area contributed by atoms with Crippen LogP contribution in [-0.4, -0.2) is 39.5 Å². The summed E-state index contributed by atoms with van der Waals surface area (Å²) in [5, 5.41) is 0. The van der Waals surface area contributed by atoms with Gasteiger partial charge in [0.05, 0.1) is 32.1 Å². The molecule has 4 heteroatoms. The van der Waals surface area contributed by atoms with Crippen molar-refractivity contribution >= 4 is 5.69 Å². The monoisotopic (exact) mass is 279 g/mol. The van der Waals surface area contributed by atoms with Gasteiger partial charge in [-0.05, 0) is 25.0 Å². The molecule has 0 spiro atoms. The molecule has 4 nitrogen and oxygen atoms in total. The first-order valence-electron chi connectivity index (χ1n) is 7.57. The number of rotatable bonds is 7. The summed E-state index contributed by atoms with van der Waals surface area (Å²) in [7, 11) is 0. The molecule has 112 valence electrons. The van der Waals surface area contributed by atoms with E-state index in [0.29, 0.717) is 0 Å². The zero-order valence-corrected chi connectivity index (χ0v) is 12.6. The van der Waals surface area contributed by atoms with Crippen molar-refractivity contribution in [3.05, 3.63) is 18.2 Å². The molecule has 1 fully saturated rings. The van der Waals surface area contributed by atoms with Crippen molar-refractivity contribution in [2.24, 2.45) is 0 Å². The number of benzene rings is 1. The third-order valence-electron chi connectivity index (χ3n) is 3.22. The van der Waals surface area contributed by atoms with Crippen molar-refractivity contribution in [3.8, 4) is 11.5 Å². The van der Waals surface area contributed by atoms with Crippen LogP contribution in [0.2, 0.25) is 0 Å². The first-order valence-corrected chi connectivity index (χ1v) is 7.57. The second-order valence-corrected chi connectivity index (χ2v) is 4.93. The Labute approximate surface area is 121 Å². The Morgan fingerprint density at radius 2 is 1.75 bits per heavy atom. The summed E-state index contributed by atoms with van der Waals surface area (Å²) >= 11 is 0. The molecule has 0 aliphatic carbocycles. The van der Waals surface area contributed by atoms with E-state index in [2.05, 4.69) is 24.8 Å². The fourth-order valence-corrected chi connectivity index (χ4v) is 2.19. The zero-order chi connectivity index (χ0) is 14.2. The van der Waals surface area contributed by atoms with Crippen LogP contribution in [0.15, 0.2) is 18.2 Å². The van der Waals surface area contributed by atoms with E-state index in [-0.39, 0.29) is 0 Å². The van der Waals surface area contributed by atoms with Crippen LogP contribution in [-0.2, 0) is 4.74 Å². The standard InChI is InChI=1S/C16H25NO3/c1-3-9-19-14-5-6-16(20-10-4-2)15(13-14)17-7-11-18-12-8-17/h5-6,13H,3-4,7-12H2,1-2H3. The van der Waals surface area contributed by atoms with Gasteiger partial charge in [-0.25, -0.2) is 0 Å². The van der Waals surface area contributed by atoms with E-state index in [1.165, 1.54) is 0 Å². The molecule has 1 saturated heterocycles. The minimum Gasteiger partial charge on any atom is -0.494 e. The Bertz CT molecular complexity index is 403. The maximum absolute atomic E-state index is 5.86. The normalized spacial score (nSPS) is 15.2. The summed E-state index contributed by atoms with van der Waals surface area (Å²) in [5.74, 6) is 1.86. The van der Waals surface area contributed by atoms with Crippen molar-refractivity contribution in [1.82, 2.24) is 0 Å². The summed E-state index contributed by atoms with van der Waals surface area (Å²) in [5.41, 5.74) is 1.12. The average Bonchev–Trinajstić information content (AvgIpc) is 2.52. The van der Waals surface area contributed by atoms with Crippen molar-refractivity contribution in [2.75, 3.05) is 44.4 Å². The van der Waals surface area contributed by atoms with Crippen LogP contribution in [0.1, 0.15) is 26.7 Å². The summed E-state index contributed by atoms with van der Waals surface area (Å²) in [6, 6.07) is 6.10. The molecule has 0 unspecified atom stereocenters. The van der Waals surface area contributed by atoms with Gasteiger partial charge in [0.2, 0.25) is 0 Å². The fourth-order valence-electron chi connectivity index (χ4n) is 2.19. The van der Waals surface area contributed by atoms with Crippen molar-refractivity contribution in [1.29, 1.82) is 0 Å². The fraction of sp³-hybridized carbons (Fsp3) is 0.625. The Morgan fingerprint density at radius 3 is 2.45 bits per heavy atom. The maximum atomic E-state index is 5.86. The first kappa shape index (κ1) is 15.0. The van der Waals surface area contributed by atoms with Crippen LogP contribution in [0, 0.1) is 0 Å². The summed E-state index contributed by atoms with van der Waals surface area (Å²) in [4.78, 5) is 2.31. The highest BCUT2D eigenvalue weighted by molar-refractivity contribution is 5.62. The first-order chi connectivity index (χ1) is 9.85. The number of anilines is 1. The van der Waals surface area contributed by atoms with Gasteiger partial charge in [0.1, 0.15) is 11.5 Å². The third kappa shape index (κ3) is 4.04. The lowest BCUT2D eigenvalue weighted by molar-refractivity contribution is 0.122. The molecule has 0 aromatic heterocycles. The minimum atomic E-state index is 0.743. The number of morpholine rings is 1. The van der Waals surface area contributed by atoms with Gasteiger partial charge in [-0.15, -0.1) is 0 Å². The number of ether oxygens (including phenoxy) is 3. The second-order valence-electron chi connectivity index (χ2n) is 4.93. The molecule has 1 aliphatic heterocycles. The topological polar surface area (TPSA) is 30.9 Å². The van der Waals surface area contributed by atoms with Crippen molar-refractivity contribution in [3.63, 3.8) is 0 Å². The lowest BCUT2D eigenvalue weighted by Gasteiger charge is -2.30. The molecule has 1 aliphatic rings. The van der Waals surface area contributed by atoms with Crippen molar-refractivity contribution in [2.45, 2.75) is 26.7 Å². The molecular weight excluding hydrogens is 254 g/mol. The van der Waals surface area contributed by atoms with E-state index in [0.717, 1.165) is 69.5 Å². The largest absolute Gasteiger partial charge is 0.494 e. The highest BCUT2D eigenvalue weighted by Gasteiger charge is 2.16. The highest BCUT2D eigenvalue weighted by Crippen LogP contribution is 2.33.